The molecule has 1 aliphatic rings. The lowest BCUT2D eigenvalue weighted by atomic mass is 9.77. The molecular formula is C13H26O. The highest BCUT2D eigenvalue weighted by molar-refractivity contribution is 4.74. The van der Waals surface area contributed by atoms with Crippen LogP contribution in [0.3, 0.4) is 0 Å². The van der Waals surface area contributed by atoms with Crippen molar-refractivity contribution in [2.75, 3.05) is 6.61 Å². The van der Waals surface area contributed by atoms with Crippen LogP contribution >= 0.6 is 0 Å². The fourth-order valence-corrected chi connectivity index (χ4v) is 2.34. The quantitative estimate of drug-likeness (QED) is 0.666. The summed E-state index contributed by atoms with van der Waals surface area (Å²) >= 11 is 0. The van der Waals surface area contributed by atoms with E-state index in [4.69, 9.17) is 4.74 Å². The summed E-state index contributed by atoms with van der Waals surface area (Å²) in [6, 6.07) is 0. The van der Waals surface area contributed by atoms with E-state index in [0.717, 1.165) is 24.4 Å². The normalized spacial score (nSPS) is 30.6. The number of hydrogen-bond donors (Lipinski definition) is 0. The van der Waals surface area contributed by atoms with Crippen molar-refractivity contribution in [2.45, 2.75) is 59.5 Å². The topological polar surface area (TPSA) is 9.23 Å². The molecule has 1 rings (SSSR count). The predicted molar refractivity (Wildman–Crippen MR) is 61.4 cm³/mol. The third-order valence-electron chi connectivity index (χ3n) is 3.56. The van der Waals surface area contributed by atoms with E-state index in [0.29, 0.717) is 6.10 Å². The molecule has 0 aromatic carbocycles. The maximum absolute atomic E-state index is 5.68. The Balaban J connectivity index is 2.20. The van der Waals surface area contributed by atoms with Crippen LogP contribution in [0.25, 0.3) is 0 Å². The third-order valence-corrected chi connectivity index (χ3v) is 3.56. The molecule has 0 bridgehead atoms. The van der Waals surface area contributed by atoms with Crippen LogP contribution in [0.4, 0.5) is 0 Å². The second-order valence-corrected chi connectivity index (χ2v) is 5.38. The minimum absolute atomic E-state index is 0.389. The third kappa shape index (κ3) is 4.00. The first-order valence-corrected chi connectivity index (χ1v) is 6.21. The fourth-order valence-electron chi connectivity index (χ4n) is 2.34. The van der Waals surface area contributed by atoms with Gasteiger partial charge in [-0.1, -0.05) is 26.7 Å². The summed E-state index contributed by atoms with van der Waals surface area (Å²) in [4.78, 5) is 0. The first-order chi connectivity index (χ1) is 6.59. The Morgan fingerprint density at radius 2 is 1.64 bits per heavy atom. The SMILES string of the molecule is CC1CCC(C(C)COC(C)C)CC1. The van der Waals surface area contributed by atoms with E-state index in [1.807, 2.05) is 0 Å². The molecule has 0 N–H and O–H groups in total. The van der Waals surface area contributed by atoms with Gasteiger partial charge in [-0.05, 0) is 44.4 Å². The summed E-state index contributed by atoms with van der Waals surface area (Å²) < 4.78 is 5.68. The molecule has 0 radical (unpaired) electrons. The van der Waals surface area contributed by atoms with Crippen molar-refractivity contribution in [1.29, 1.82) is 0 Å². The van der Waals surface area contributed by atoms with E-state index in [1.54, 1.807) is 0 Å². The van der Waals surface area contributed by atoms with Gasteiger partial charge in [0.2, 0.25) is 0 Å². The highest BCUT2D eigenvalue weighted by Crippen LogP contribution is 2.33. The van der Waals surface area contributed by atoms with Gasteiger partial charge < -0.3 is 4.74 Å². The van der Waals surface area contributed by atoms with Gasteiger partial charge in [0.1, 0.15) is 0 Å². The van der Waals surface area contributed by atoms with Gasteiger partial charge in [-0.2, -0.15) is 0 Å². The molecule has 0 aromatic rings. The van der Waals surface area contributed by atoms with Crippen LogP contribution in [0.5, 0.6) is 0 Å². The molecule has 0 spiro atoms. The monoisotopic (exact) mass is 198 g/mol. The molecule has 1 saturated carbocycles. The lowest BCUT2D eigenvalue weighted by Crippen LogP contribution is -2.23. The van der Waals surface area contributed by atoms with Gasteiger partial charge in [0.25, 0.3) is 0 Å². The average molecular weight is 198 g/mol. The van der Waals surface area contributed by atoms with Gasteiger partial charge >= 0.3 is 0 Å². The van der Waals surface area contributed by atoms with E-state index in [2.05, 4.69) is 27.7 Å². The molecule has 1 fully saturated rings. The maximum Gasteiger partial charge on any atom is 0.0519 e. The maximum atomic E-state index is 5.68. The highest BCUT2D eigenvalue weighted by Gasteiger charge is 2.23. The Hall–Kier alpha value is -0.0400. The summed E-state index contributed by atoms with van der Waals surface area (Å²) in [6.45, 7) is 9.93. The van der Waals surface area contributed by atoms with Gasteiger partial charge in [0, 0.05) is 6.61 Å². The van der Waals surface area contributed by atoms with Gasteiger partial charge in [0.15, 0.2) is 0 Å². The lowest BCUT2D eigenvalue weighted by Gasteiger charge is -2.31. The lowest BCUT2D eigenvalue weighted by molar-refractivity contribution is 0.0317. The Labute approximate surface area is 89.2 Å². The molecule has 1 nitrogen and oxygen atoms in total. The van der Waals surface area contributed by atoms with E-state index in [9.17, 15) is 0 Å². The Bertz CT molecular complexity index is 145. The van der Waals surface area contributed by atoms with Crippen molar-refractivity contribution in [3.8, 4) is 0 Å². The zero-order valence-electron chi connectivity index (χ0n) is 10.3. The summed E-state index contributed by atoms with van der Waals surface area (Å²) in [5, 5.41) is 0. The largest absolute Gasteiger partial charge is 0.379 e. The number of hydrogen-bond acceptors (Lipinski definition) is 1. The van der Waals surface area contributed by atoms with Crippen molar-refractivity contribution in [3.63, 3.8) is 0 Å². The standard InChI is InChI=1S/C13H26O/c1-10(2)14-9-12(4)13-7-5-11(3)6-8-13/h10-13H,5-9H2,1-4H3. The van der Waals surface area contributed by atoms with Crippen molar-refractivity contribution >= 4 is 0 Å². The van der Waals surface area contributed by atoms with Crippen LogP contribution in [0.15, 0.2) is 0 Å². The van der Waals surface area contributed by atoms with Crippen LogP contribution < -0.4 is 0 Å². The summed E-state index contributed by atoms with van der Waals surface area (Å²) in [6.07, 6.45) is 6.08. The second kappa shape index (κ2) is 5.75. The minimum Gasteiger partial charge on any atom is -0.379 e. The van der Waals surface area contributed by atoms with Crippen molar-refractivity contribution in [2.24, 2.45) is 17.8 Å². The zero-order valence-corrected chi connectivity index (χ0v) is 10.3. The molecule has 1 heteroatoms. The Kier molecular flexibility index (Phi) is 4.94. The van der Waals surface area contributed by atoms with Crippen LogP contribution in [-0.2, 0) is 4.74 Å². The highest BCUT2D eigenvalue weighted by atomic mass is 16.5. The van der Waals surface area contributed by atoms with Gasteiger partial charge in [-0.3, -0.25) is 0 Å². The van der Waals surface area contributed by atoms with E-state index < -0.39 is 0 Å². The van der Waals surface area contributed by atoms with Crippen LogP contribution in [-0.4, -0.2) is 12.7 Å². The van der Waals surface area contributed by atoms with Crippen molar-refractivity contribution in [3.05, 3.63) is 0 Å². The fraction of sp³-hybridized carbons (Fsp3) is 1.00. The van der Waals surface area contributed by atoms with Crippen molar-refractivity contribution < 1.29 is 4.74 Å². The molecular weight excluding hydrogens is 172 g/mol. The summed E-state index contributed by atoms with van der Waals surface area (Å²) in [5.41, 5.74) is 0. The minimum atomic E-state index is 0.389. The smallest absolute Gasteiger partial charge is 0.0519 e. The second-order valence-electron chi connectivity index (χ2n) is 5.38. The van der Waals surface area contributed by atoms with E-state index in [-0.39, 0.29) is 0 Å². The molecule has 0 aromatic heterocycles. The predicted octanol–water partition coefficient (Wildman–Crippen LogP) is 3.87. The van der Waals surface area contributed by atoms with Gasteiger partial charge in [-0.15, -0.1) is 0 Å². The van der Waals surface area contributed by atoms with Crippen LogP contribution in [0.1, 0.15) is 53.4 Å². The molecule has 0 aliphatic heterocycles. The van der Waals surface area contributed by atoms with Gasteiger partial charge in [0.05, 0.1) is 6.10 Å². The van der Waals surface area contributed by atoms with Crippen LogP contribution in [0.2, 0.25) is 0 Å². The molecule has 84 valence electrons. The molecule has 0 heterocycles. The van der Waals surface area contributed by atoms with Gasteiger partial charge in [-0.25, -0.2) is 0 Å². The van der Waals surface area contributed by atoms with Crippen molar-refractivity contribution in [1.82, 2.24) is 0 Å². The first kappa shape index (κ1) is 12.0. The van der Waals surface area contributed by atoms with E-state index >= 15 is 0 Å². The number of rotatable bonds is 4. The zero-order chi connectivity index (χ0) is 10.6. The molecule has 1 unspecified atom stereocenters. The Morgan fingerprint density at radius 3 is 2.14 bits per heavy atom. The molecule has 1 atom stereocenters. The average Bonchev–Trinajstić information content (AvgIpc) is 2.15. The summed E-state index contributed by atoms with van der Waals surface area (Å²) in [5.74, 6) is 2.64. The Morgan fingerprint density at radius 1 is 1.07 bits per heavy atom. The molecule has 14 heavy (non-hydrogen) atoms. The summed E-state index contributed by atoms with van der Waals surface area (Å²) in [7, 11) is 0. The number of ether oxygens (including phenoxy) is 1. The molecule has 0 saturated heterocycles. The van der Waals surface area contributed by atoms with E-state index in [1.165, 1.54) is 25.7 Å². The first-order valence-electron chi connectivity index (χ1n) is 6.21. The molecule has 1 aliphatic carbocycles. The van der Waals surface area contributed by atoms with Crippen LogP contribution in [0, 0.1) is 17.8 Å². The molecule has 0 amide bonds.